The molecule has 0 amide bonds. The first-order chi connectivity index (χ1) is 12.9. The molecule has 9 heteroatoms. The molecule has 0 spiro atoms. The molecule has 1 aliphatic rings. The average Bonchev–Trinajstić information content (AvgIpc) is 2.68. The van der Waals surface area contributed by atoms with E-state index in [0.717, 1.165) is 10.6 Å². The molecule has 4 rings (SSSR count). The number of rotatable bonds is 2. The van der Waals surface area contributed by atoms with Gasteiger partial charge in [0, 0.05) is 25.7 Å². The van der Waals surface area contributed by atoms with E-state index < -0.39 is 21.4 Å². The third kappa shape index (κ3) is 2.89. The Balaban J connectivity index is 1.78. The van der Waals surface area contributed by atoms with E-state index in [1.165, 1.54) is 40.7 Å². The van der Waals surface area contributed by atoms with Crippen molar-refractivity contribution >= 4 is 15.7 Å². The van der Waals surface area contributed by atoms with Crippen LogP contribution in [0.25, 0.3) is 5.65 Å². The highest BCUT2D eigenvalue weighted by atomic mass is 32.2. The minimum Gasteiger partial charge on any atom is -0.269 e. The molecule has 27 heavy (non-hydrogen) atoms. The fourth-order valence-corrected chi connectivity index (χ4v) is 4.58. The predicted molar refractivity (Wildman–Crippen MR) is 93.9 cm³/mol. The maximum Gasteiger partial charge on any atom is 0.262 e. The second-order valence-corrected chi connectivity index (χ2v) is 8.08. The molecule has 7 nitrogen and oxygen atoms in total. The average molecular weight is 384 g/mol. The van der Waals surface area contributed by atoms with E-state index in [2.05, 4.69) is 4.98 Å². The maximum atomic E-state index is 13.5. The maximum absolute atomic E-state index is 13.5. The van der Waals surface area contributed by atoms with Crippen LogP contribution in [0.2, 0.25) is 0 Å². The molecule has 0 saturated carbocycles. The summed E-state index contributed by atoms with van der Waals surface area (Å²) in [6.07, 6.45) is 1.31. The van der Waals surface area contributed by atoms with Crippen LogP contribution in [0.15, 0.2) is 52.3 Å². The van der Waals surface area contributed by atoms with Crippen molar-refractivity contribution in [3.63, 3.8) is 0 Å². The Morgan fingerprint density at radius 1 is 1.22 bits per heavy atom. The molecular weight excluding hydrogens is 371 g/mol. The minimum absolute atomic E-state index is 0.00936. The summed E-state index contributed by atoms with van der Waals surface area (Å²) in [7, 11) is -3.88. The number of benzene rings is 1. The molecule has 0 aliphatic carbocycles. The van der Waals surface area contributed by atoms with Gasteiger partial charge in [-0.05, 0) is 30.3 Å². The van der Waals surface area contributed by atoms with Crippen LogP contribution in [-0.2, 0) is 23.0 Å². The van der Waals surface area contributed by atoms with Crippen LogP contribution in [0.4, 0.5) is 4.39 Å². The van der Waals surface area contributed by atoms with Gasteiger partial charge in [0.1, 0.15) is 11.5 Å². The van der Waals surface area contributed by atoms with Crippen molar-refractivity contribution < 1.29 is 12.8 Å². The zero-order chi connectivity index (χ0) is 19.2. The Hall–Kier alpha value is -3.09. The summed E-state index contributed by atoms with van der Waals surface area (Å²) < 4.78 is 41.6. The van der Waals surface area contributed by atoms with Crippen molar-refractivity contribution in [2.24, 2.45) is 0 Å². The van der Waals surface area contributed by atoms with Crippen molar-refractivity contribution in [2.75, 3.05) is 6.54 Å². The Morgan fingerprint density at radius 2 is 2.04 bits per heavy atom. The lowest BCUT2D eigenvalue weighted by atomic mass is 10.1. The van der Waals surface area contributed by atoms with Crippen molar-refractivity contribution in [3.05, 3.63) is 75.6 Å². The van der Waals surface area contributed by atoms with Crippen LogP contribution >= 0.6 is 0 Å². The molecule has 0 N–H and O–H groups in total. The van der Waals surface area contributed by atoms with Crippen molar-refractivity contribution in [2.45, 2.75) is 17.9 Å². The van der Waals surface area contributed by atoms with E-state index >= 15 is 0 Å². The Morgan fingerprint density at radius 3 is 2.81 bits per heavy atom. The van der Waals surface area contributed by atoms with E-state index in [9.17, 15) is 17.6 Å². The van der Waals surface area contributed by atoms with Gasteiger partial charge in [-0.15, -0.1) is 0 Å². The summed E-state index contributed by atoms with van der Waals surface area (Å²) >= 11 is 0. The Labute approximate surface area is 154 Å². The van der Waals surface area contributed by atoms with Crippen LogP contribution in [-0.4, -0.2) is 28.7 Å². The Bertz CT molecular complexity index is 1280. The zero-order valence-corrected chi connectivity index (χ0v) is 14.8. The lowest BCUT2D eigenvalue weighted by Crippen LogP contribution is -2.40. The number of halogens is 1. The Kier molecular flexibility index (Phi) is 4.02. The number of sulfonamides is 1. The number of hydrogen-bond acceptors (Lipinski definition) is 5. The molecule has 3 aromatic rings. The number of aromatic nitrogens is 2. The summed E-state index contributed by atoms with van der Waals surface area (Å²) in [5, 5.41) is 8.99. The lowest BCUT2D eigenvalue weighted by Gasteiger charge is -2.27. The predicted octanol–water partition coefficient (Wildman–Crippen LogP) is 1.45. The second-order valence-electron chi connectivity index (χ2n) is 6.15. The molecule has 0 fully saturated rings. The number of hydrogen-bond donors (Lipinski definition) is 0. The van der Waals surface area contributed by atoms with Crippen molar-refractivity contribution in [1.82, 2.24) is 13.7 Å². The van der Waals surface area contributed by atoms with Crippen LogP contribution in [0.1, 0.15) is 16.8 Å². The third-order valence-electron chi connectivity index (χ3n) is 4.50. The van der Waals surface area contributed by atoms with Gasteiger partial charge in [0.2, 0.25) is 10.0 Å². The van der Waals surface area contributed by atoms with E-state index in [1.807, 2.05) is 6.07 Å². The largest absolute Gasteiger partial charge is 0.269 e. The van der Waals surface area contributed by atoms with Gasteiger partial charge in [-0.1, -0.05) is 6.07 Å². The third-order valence-corrected chi connectivity index (χ3v) is 6.34. The topological polar surface area (TPSA) is 95.5 Å². The number of nitriles is 1. The molecule has 0 unspecified atom stereocenters. The summed E-state index contributed by atoms with van der Waals surface area (Å²) in [5.74, 6) is -0.583. The van der Waals surface area contributed by atoms with Gasteiger partial charge in [-0.25, -0.2) is 17.8 Å². The zero-order valence-electron chi connectivity index (χ0n) is 14.0. The number of fused-ring (bicyclic) bond motifs is 2. The SMILES string of the molecule is N#Cc1cccc(S(=O)(=O)N2CCc3nc4ccc(F)cn4c(=O)c3C2)c1. The van der Waals surface area contributed by atoms with E-state index in [0.29, 0.717) is 11.3 Å². The van der Waals surface area contributed by atoms with E-state index in [1.54, 1.807) is 0 Å². The van der Waals surface area contributed by atoms with Gasteiger partial charge < -0.3 is 0 Å². The standard InChI is InChI=1S/C18H13FN4O3S/c19-13-4-5-17-21-16-6-7-22(11-15(16)18(24)23(17)10-13)27(25,26)14-3-1-2-12(8-14)9-20/h1-5,8,10H,6-7,11H2. The fraction of sp³-hybridized carbons (Fsp3) is 0.167. The summed E-state index contributed by atoms with van der Waals surface area (Å²) in [5.41, 5.74) is 0.809. The van der Waals surface area contributed by atoms with Gasteiger partial charge in [0.05, 0.1) is 27.8 Å². The smallest absolute Gasteiger partial charge is 0.262 e. The highest BCUT2D eigenvalue weighted by Gasteiger charge is 2.31. The van der Waals surface area contributed by atoms with E-state index in [-0.39, 0.29) is 35.5 Å². The fourth-order valence-electron chi connectivity index (χ4n) is 3.13. The van der Waals surface area contributed by atoms with Gasteiger partial charge >= 0.3 is 0 Å². The minimum atomic E-state index is -3.88. The molecule has 0 atom stereocenters. The molecule has 2 aromatic heterocycles. The monoisotopic (exact) mass is 384 g/mol. The highest BCUT2D eigenvalue weighted by Crippen LogP contribution is 2.23. The summed E-state index contributed by atoms with van der Waals surface area (Å²) in [4.78, 5) is 17.1. The van der Waals surface area contributed by atoms with Crippen LogP contribution in [0, 0.1) is 17.1 Å². The van der Waals surface area contributed by atoms with Gasteiger partial charge in [0.25, 0.3) is 5.56 Å². The molecule has 136 valence electrons. The molecular formula is C18H13FN4O3S. The second kappa shape index (κ2) is 6.26. The first-order valence-electron chi connectivity index (χ1n) is 8.10. The molecule has 0 bridgehead atoms. The first kappa shape index (κ1) is 17.3. The summed E-state index contributed by atoms with van der Waals surface area (Å²) in [6.45, 7) is 0.00958. The highest BCUT2D eigenvalue weighted by molar-refractivity contribution is 7.89. The quantitative estimate of drug-likeness (QED) is 0.666. The van der Waals surface area contributed by atoms with Crippen LogP contribution in [0.3, 0.4) is 0 Å². The molecule has 3 heterocycles. The van der Waals surface area contributed by atoms with Gasteiger partial charge in [-0.3, -0.25) is 9.20 Å². The van der Waals surface area contributed by atoms with Crippen LogP contribution in [0.5, 0.6) is 0 Å². The lowest BCUT2D eigenvalue weighted by molar-refractivity contribution is 0.385. The van der Waals surface area contributed by atoms with Crippen molar-refractivity contribution in [3.8, 4) is 6.07 Å². The molecule has 0 radical (unpaired) electrons. The van der Waals surface area contributed by atoms with E-state index in [4.69, 9.17) is 5.26 Å². The first-order valence-corrected chi connectivity index (χ1v) is 9.54. The molecule has 0 saturated heterocycles. The molecule has 1 aliphatic heterocycles. The summed E-state index contributed by atoms with van der Waals surface area (Å²) in [6, 6.07) is 10.3. The van der Waals surface area contributed by atoms with Crippen molar-refractivity contribution in [1.29, 1.82) is 5.26 Å². The van der Waals surface area contributed by atoms with Gasteiger partial charge in [0.15, 0.2) is 0 Å². The number of pyridine rings is 1. The molecule has 1 aromatic carbocycles. The normalized spacial score (nSPS) is 14.7. The number of nitrogens with zero attached hydrogens (tertiary/aromatic N) is 4. The van der Waals surface area contributed by atoms with Gasteiger partial charge in [-0.2, -0.15) is 9.57 Å². The van der Waals surface area contributed by atoms with Crippen LogP contribution < -0.4 is 5.56 Å².